The summed E-state index contributed by atoms with van der Waals surface area (Å²) in [5.74, 6) is -8.99. The number of benzene rings is 1. The van der Waals surface area contributed by atoms with E-state index in [-0.39, 0.29) is 13.1 Å². The van der Waals surface area contributed by atoms with Crippen LogP contribution in [0.25, 0.3) is 0 Å². The van der Waals surface area contributed by atoms with Gasteiger partial charge in [-0.3, -0.25) is 0 Å². The topological polar surface area (TPSA) is 15.3 Å². The van der Waals surface area contributed by atoms with Crippen LogP contribution in [-0.4, -0.2) is 26.7 Å². The molecule has 1 aromatic rings. The minimum atomic E-state index is -2.11. The second-order valence-corrected chi connectivity index (χ2v) is 5.24. The molecule has 1 aliphatic heterocycles. The molecule has 1 saturated heterocycles. The Balaban J connectivity index is 2.17. The van der Waals surface area contributed by atoms with E-state index in [1.54, 1.807) is 0 Å². The van der Waals surface area contributed by atoms with Gasteiger partial charge < -0.3 is 10.2 Å². The number of hydrogen-bond acceptors (Lipinski definition) is 2. The molecule has 0 aromatic heterocycles. The Bertz CT molecular complexity index is 484. The predicted molar refractivity (Wildman–Crippen MR) is 69.7 cm³/mol. The van der Waals surface area contributed by atoms with Gasteiger partial charge in [-0.2, -0.15) is 0 Å². The molecule has 0 bridgehead atoms. The number of anilines is 1. The van der Waals surface area contributed by atoms with Crippen molar-refractivity contribution in [3.8, 4) is 0 Å². The molecular formula is C14H17F5N2. The third-order valence-corrected chi connectivity index (χ3v) is 3.92. The lowest BCUT2D eigenvalue weighted by atomic mass is 9.93. The van der Waals surface area contributed by atoms with Crippen molar-refractivity contribution in [3.05, 3.63) is 29.1 Å². The molecule has 1 fully saturated rings. The van der Waals surface area contributed by atoms with Crippen molar-refractivity contribution >= 4 is 5.69 Å². The van der Waals surface area contributed by atoms with Crippen LogP contribution in [0, 0.1) is 35.0 Å². The molecule has 0 unspecified atom stereocenters. The number of halogens is 5. The molecule has 0 aliphatic carbocycles. The fraction of sp³-hybridized carbons (Fsp3) is 0.571. The van der Waals surface area contributed by atoms with Gasteiger partial charge in [0.15, 0.2) is 23.3 Å². The van der Waals surface area contributed by atoms with Crippen molar-refractivity contribution < 1.29 is 22.0 Å². The van der Waals surface area contributed by atoms with Gasteiger partial charge in [-0.1, -0.05) is 0 Å². The van der Waals surface area contributed by atoms with Crippen LogP contribution in [0.15, 0.2) is 0 Å². The Kier molecular flexibility index (Phi) is 5.03. The maximum absolute atomic E-state index is 13.7. The molecule has 2 nitrogen and oxygen atoms in total. The third kappa shape index (κ3) is 3.12. The second kappa shape index (κ2) is 6.60. The molecule has 118 valence electrons. The van der Waals surface area contributed by atoms with Crippen LogP contribution in [-0.2, 0) is 0 Å². The van der Waals surface area contributed by atoms with Gasteiger partial charge in [-0.25, -0.2) is 22.0 Å². The normalized spacial score (nSPS) is 16.6. The van der Waals surface area contributed by atoms with Crippen LogP contribution >= 0.6 is 0 Å². The average molecular weight is 308 g/mol. The van der Waals surface area contributed by atoms with E-state index in [0.29, 0.717) is 18.8 Å². The molecule has 0 amide bonds. The van der Waals surface area contributed by atoms with Gasteiger partial charge in [0.2, 0.25) is 5.82 Å². The van der Waals surface area contributed by atoms with Crippen LogP contribution in [0.5, 0.6) is 0 Å². The maximum atomic E-state index is 13.7. The Hall–Kier alpha value is -1.37. The third-order valence-electron chi connectivity index (χ3n) is 3.92. The summed E-state index contributed by atoms with van der Waals surface area (Å²) in [4.78, 5) is 1.24. The van der Waals surface area contributed by atoms with E-state index in [4.69, 9.17) is 0 Å². The Labute approximate surface area is 119 Å². The van der Waals surface area contributed by atoms with Crippen LogP contribution in [0.1, 0.15) is 19.3 Å². The summed E-state index contributed by atoms with van der Waals surface area (Å²) in [5, 5.41) is 3.02. The number of rotatable bonds is 4. The summed E-state index contributed by atoms with van der Waals surface area (Å²) >= 11 is 0. The van der Waals surface area contributed by atoms with Gasteiger partial charge in [-0.15, -0.1) is 0 Å². The fourth-order valence-corrected chi connectivity index (χ4v) is 2.66. The molecule has 1 aromatic carbocycles. The minimum Gasteiger partial charge on any atom is -0.367 e. The largest absolute Gasteiger partial charge is 0.367 e. The zero-order valence-electron chi connectivity index (χ0n) is 11.7. The SMILES string of the molecule is CNCCC1CCN(c2c(F)c(F)c(F)c(F)c2F)CC1. The van der Waals surface area contributed by atoms with Crippen molar-refractivity contribution in [2.45, 2.75) is 19.3 Å². The van der Waals surface area contributed by atoms with E-state index in [2.05, 4.69) is 5.32 Å². The monoisotopic (exact) mass is 308 g/mol. The van der Waals surface area contributed by atoms with E-state index < -0.39 is 34.8 Å². The second-order valence-electron chi connectivity index (χ2n) is 5.24. The minimum absolute atomic E-state index is 0.284. The van der Waals surface area contributed by atoms with Gasteiger partial charge in [0.05, 0.1) is 0 Å². The fourth-order valence-electron chi connectivity index (χ4n) is 2.66. The molecule has 0 atom stereocenters. The van der Waals surface area contributed by atoms with Gasteiger partial charge >= 0.3 is 0 Å². The predicted octanol–water partition coefficient (Wildman–Crippen LogP) is 3.21. The zero-order valence-corrected chi connectivity index (χ0v) is 11.7. The standard InChI is InChI=1S/C14H17F5N2/c1-20-5-2-8-3-6-21(7-4-8)14-12(18)10(16)9(15)11(17)13(14)19/h8,20H,2-7H2,1H3. The number of nitrogens with zero attached hydrogens (tertiary/aromatic N) is 1. The average Bonchev–Trinajstić information content (AvgIpc) is 2.50. The molecule has 7 heteroatoms. The Morgan fingerprint density at radius 2 is 1.38 bits per heavy atom. The van der Waals surface area contributed by atoms with Crippen molar-refractivity contribution in [1.29, 1.82) is 0 Å². The van der Waals surface area contributed by atoms with Crippen molar-refractivity contribution in [2.75, 3.05) is 31.6 Å². The van der Waals surface area contributed by atoms with E-state index >= 15 is 0 Å². The number of nitrogens with one attached hydrogen (secondary N) is 1. The summed E-state index contributed by atoms with van der Waals surface area (Å²) in [5.41, 5.74) is -0.807. The Morgan fingerprint density at radius 3 is 1.86 bits per heavy atom. The van der Waals surface area contributed by atoms with Crippen LogP contribution in [0.4, 0.5) is 27.6 Å². The van der Waals surface area contributed by atoms with Gasteiger partial charge in [-0.05, 0) is 38.8 Å². The first-order chi connectivity index (χ1) is 9.97. The zero-order chi connectivity index (χ0) is 15.6. The maximum Gasteiger partial charge on any atom is 0.200 e. The highest BCUT2D eigenvalue weighted by Gasteiger charge is 2.30. The van der Waals surface area contributed by atoms with E-state index in [0.717, 1.165) is 13.0 Å². The first-order valence-electron chi connectivity index (χ1n) is 6.88. The number of piperidine rings is 1. The highest BCUT2D eigenvalue weighted by molar-refractivity contribution is 5.50. The summed E-state index contributed by atoms with van der Waals surface area (Å²) in [6.07, 6.45) is 2.27. The lowest BCUT2D eigenvalue weighted by Crippen LogP contribution is -2.36. The van der Waals surface area contributed by atoms with Crippen molar-refractivity contribution in [1.82, 2.24) is 5.32 Å². The van der Waals surface area contributed by atoms with Gasteiger partial charge in [0.1, 0.15) is 5.69 Å². The van der Waals surface area contributed by atoms with Crippen LogP contribution in [0.2, 0.25) is 0 Å². The summed E-state index contributed by atoms with van der Waals surface area (Å²) in [6.45, 7) is 1.41. The lowest BCUT2D eigenvalue weighted by Gasteiger charge is -2.34. The summed E-state index contributed by atoms with van der Waals surface area (Å²) in [7, 11) is 1.84. The van der Waals surface area contributed by atoms with E-state index in [9.17, 15) is 22.0 Å². The van der Waals surface area contributed by atoms with Gasteiger partial charge in [0, 0.05) is 13.1 Å². The molecule has 21 heavy (non-hydrogen) atoms. The molecule has 1 N–H and O–H groups in total. The van der Waals surface area contributed by atoms with Gasteiger partial charge in [0.25, 0.3) is 0 Å². The molecule has 0 saturated carbocycles. The van der Waals surface area contributed by atoms with E-state index in [1.807, 2.05) is 7.05 Å². The molecule has 1 aliphatic rings. The number of hydrogen-bond donors (Lipinski definition) is 1. The smallest absolute Gasteiger partial charge is 0.200 e. The van der Waals surface area contributed by atoms with Crippen molar-refractivity contribution in [2.24, 2.45) is 5.92 Å². The van der Waals surface area contributed by atoms with Crippen LogP contribution < -0.4 is 10.2 Å². The summed E-state index contributed by atoms with van der Waals surface area (Å²) < 4.78 is 66.9. The molecule has 0 radical (unpaired) electrons. The highest BCUT2D eigenvalue weighted by atomic mass is 19.2. The molecule has 1 heterocycles. The molecule has 2 rings (SSSR count). The Morgan fingerprint density at radius 1 is 0.905 bits per heavy atom. The first kappa shape index (κ1) is 16.0. The van der Waals surface area contributed by atoms with E-state index in [1.165, 1.54) is 4.90 Å². The van der Waals surface area contributed by atoms with Crippen molar-refractivity contribution in [3.63, 3.8) is 0 Å². The highest BCUT2D eigenvalue weighted by Crippen LogP contribution is 2.33. The molecule has 0 spiro atoms. The lowest BCUT2D eigenvalue weighted by molar-refractivity contribution is 0.356. The quantitative estimate of drug-likeness (QED) is 0.522. The first-order valence-corrected chi connectivity index (χ1v) is 6.88. The molecular weight excluding hydrogens is 291 g/mol. The van der Waals surface area contributed by atoms with Crippen LogP contribution in [0.3, 0.4) is 0 Å². The summed E-state index contributed by atoms with van der Waals surface area (Å²) in [6, 6.07) is 0.